The highest BCUT2D eigenvalue weighted by Gasteiger charge is 2.17. The summed E-state index contributed by atoms with van der Waals surface area (Å²) in [6.45, 7) is 3.78. The lowest BCUT2D eigenvalue weighted by molar-refractivity contribution is 0.0935. The van der Waals surface area contributed by atoms with Gasteiger partial charge in [-0.1, -0.05) is 6.07 Å². The fourth-order valence-corrected chi connectivity index (χ4v) is 2.37. The first kappa shape index (κ1) is 13.4. The molecule has 3 aromatic rings. The molecule has 0 fully saturated rings. The van der Waals surface area contributed by atoms with Crippen molar-refractivity contribution < 1.29 is 4.79 Å². The maximum Gasteiger partial charge on any atom is 0.268 e. The Morgan fingerprint density at radius 1 is 1.33 bits per heavy atom. The van der Waals surface area contributed by atoms with E-state index in [1.165, 1.54) is 4.40 Å². The smallest absolute Gasteiger partial charge is 0.268 e. The van der Waals surface area contributed by atoms with Crippen molar-refractivity contribution >= 4 is 22.6 Å². The van der Waals surface area contributed by atoms with Gasteiger partial charge in [-0.15, -0.1) is 0 Å². The van der Waals surface area contributed by atoms with Crippen LogP contribution in [-0.4, -0.2) is 25.9 Å². The van der Waals surface area contributed by atoms with Crippen LogP contribution in [0.25, 0.3) is 16.7 Å². The van der Waals surface area contributed by atoms with E-state index in [-0.39, 0.29) is 17.5 Å². The van der Waals surface area contributed by atoms with Gasteiger partial charge in [0.25, 0.3) is 11.5 Å². The first-order chi connectivity index (χ1) is 9.99. The Labute approximate surface area is 121 Å². The van der Waals surface area contributed by atoms with Crippen LogP contribution in [0.15, 0.2) is 35.3 Å². The summed E-state index contributed by atoms with van der Waals surface area (Å²) in [5.41, 5.74) is 1.33. The highest BCUT2D eigenvalue weighted by atomic mass is 16.2. The summed E-state index contributed by atoms with van der Waals surface area (Å²) >= 11 is 0. The van der Waals surface area contributed by atoms with Crippen molar-refractivity contribution in [2.45, 2.75) is 19.9 Å². The summed E-state index contributed by atoms with van der Waals surface area (Å²) < 4.78 is 3.13. The molecule has 3 aromatic heterocycles. The van der Waals surface area contributed by atoms with Crippen molar-refractivity contribution in [2.24, 2.45) is 7.05 Å². The van der Waals surface area contributed by atoms with E-state index in [0.717, 1.165) is 0 Å². The van der Waals surface area contributed by atoms with Crippen molar-refractivity contribution in [3.05, 3.63) is 46.5 Å². The van der Waals surface area contributed by atoms with Crippen LogP contribution in [0.3, 0.4) is 0 Å². The van der Waals surface area contributed by atoms with E-state index in [1.807, 2.05) is 19.9 Å². The molecule has 0 aliphatic rings. The number of amides is 1. The van der Waals surface area contributed by atoms with Crippen LogP contribution in [-0.2, 0) is 7.05 Å². The number of aryl methyl sites for hydroxylation is 1. The molecule has 0 aliphatic heterocycles. The Morgan fingerprint density at radius 2 is 2.10 bits per heavy atom. The van der Waals surface area contributed by atoms with Gasteiger partial charge in [0, 0.05) is 19.3 Å². The van der Waals surface area contributed by atoms with Crippen LogP contribution in [0.2, 0.25) is 0 Å². The van der Waals surface area contributed by atoms with E-state index in [9.17, 15) is 9.59 Å². The molecule has 0 unspecified atom stereocenters. The lowest BCUT2D eigenvalue weighted by Crippen LogP contribution is -2.31. The van der Waals surface area contributed by atoms with E-state index < -0.39 is 0 Å². The molecule has 6 heteroatoms. The van der Waals surface area contributed by atoms with Gasteiger partial charge in [0.05, 0.1) is 5.39 Å². The summed E-state index contributed by atoms with van der Waals surface area (Å²) in [6, 6.07) is 6.99. The zero-order valence-corrected chi connectivity index (χ0v) is 12.1. The van der Waals surface area contributed by atoms with Crippen LogP contribution in [0, 0.1) is 0 Å². The number of hydrogen-bond donors (Lipinski definition) is 1. The zero-order chi connectivity index (χ0) is 15.1. The summed E-state index contributed by atoms with van der Waals surface area (Å²) in [6.07, 6.45) is 1.67. The standard InChI is InChI=1S/C15H16N4O2/c1-9(2)16-14(20)11-8-10-13(18(11)3)17-12-6-4-5-7-19(12)15(10)21/h4-9H,1-3H3,(H,16,20). The number of nitrogens with one attached hydrogen (secondary N) is 1. The van der Waals surface area contributed by atoms with Gasteiger partial charge in [0.1, 0.15) is 17.0 Å². The Hall–Kier alpha value is -2.63. The Balaban J connectivity index is 2.29. The van der Waals surface area contributed by atoms with Gasteiger partial charge in [-0.25, -0.2) is 4.98 Å². The van der Waals surface area contributed by atoms with Gasteiger partial charge in [0.15, 0.2) is 0 Å². The molecule has 0 aliphatic carbocycles. The SMILES string of the molecule is CC(C)NC(=O)c1cc2c(=O)n3ccccc3nc2n1C. The molecule has 3 heterocycles. The van der Waals surface area contributed by atoms with Crippen molar-refractivity contribution in [2.75, 3.05) is 0 Å². The van der Waals surface area contributed by atoms with Gasteiger partial charge in [0.2, 0.25) is 0 Å². The zero-order valence-electron chi connectivity index (χ0n) is 12.1. The van der Waals surface area contributed by atoms with E-state index in [1.54, 1.807) is 36.0 Å². The largest absolute Gasteiger partial charge is 0.349 e. The minimum absolute atomic E-state index is 0.0311. The van der Waals surface area contributed by atoms with Gasteiger partial charge in [-0.3, -0.25) is 14.0 Å². The van der Waals surface area contributed by atoms with E-state index in [2.05, 4.69) is 10.3 Å². The summed E-state index contributed by atoms with van der Waals surface area (Å²) in [5, 5.41) is 3.27. The predicted molar refractivity (Wildman–Crippen MR) is 80.5 cm³/mol. The fraction of sp³-hybridized carbons (Fsp3) is 0.267. The summed E-state index contributed by atoms with van der Waals surface area (Å²) in [4.78, 5) is 29.1. The second-order valence-corrected chi connectivity index (χ2v) is 5.30. The van der Waals surface area contributed by atoms with Crippen LogP contribution in [0.5, 0.6) is 0 Å². The quantitative estimate of drug-likeness (QED) is 0.771. The van der Waals surface area contributed by atoms with Crippen LogP contribution >= 0.6 is 0 Å². The Bertz CT molecular complexity index is 905. The number of carbonyl (C=O) groups is 1. The molecule has 21 heavy (non-hydrogen) atoms. The third kappa shape index (κ3) is 2.08. The molecule has 1 amide bonds. The Morgan fingerprint density at radius 3 is 2.81 bits per heavy atom. The Kier molecular flexibility index (Phi) is 3.01. The molecule has 0 aromatic carbocycles. The molecule has 6 nitrogen and oxygen atoms in total. The number of nitrogens with zero attached hydrogens (tertiary/aromatic N) is 3. The molecule has 0 saturated heterocycles. The van der Waals surface area contributed by atoms with Gasteiger partial charge in [-0.2, -0.15) is 0 Å². The van der Waals surface area contributed by atoms with Crippen LogP contribution in [0.4, 0.5) is 0 Å². The highest BCUT2D eigenvalue weighted by molar-refractivity contribution is 5.98. The van der Waals surface area contributed by atoms with Crippen molar-refractivity contribution in [1.29, 1.82) is 0 Å². The summed E-state index contributed by atoms with van der Waals surface area (Å²) in [5.74, 6) is -0.209. The second kappa shape index (κ2) is 4.73. The number of carbonyl (C=O) groups excluding carboxylic acids is 1. The lowest BCUT2D eigenvalue weighted by atomic mass is 10.3. The average molecular weight is 284 g/mol. The highest BCUT2D eigenvalue weighted by Crippen LogP contribution is 2.14. The number of aromatic nitrogens is 3. The monoisotopic (exact) mass is 284 g/mol. The topological polar surface area (TPSA) is 68.4 Å². The minimum atomic E-state index is -0.209. The first-order valence-corrected chi connectivity index (χ1v) is 6.76. The lowest BCUT2D eigenvalue weighted by Gasteiger charge is -2.08. The maximum absolute atomic E-state index is 12.5. The van der Waals surface area contributed by atoms with Crippen molar-refractivity contribution in [3.63, 3.8) is 0 Å². The normalized spacial score (nSPS) is 11.4. The number of pyridine rings is 1. The third-order valence-corrected chi connectivity index (χ3v) is 3.36. The molecule has 0 spiro atoms. The van der Waals surface area contributed by atoms with Crippen LogP contribution < -0.4 is 10.9 Å². The van der Waals surface area contributed by atoms with E-state index in [0.29, 0.717) is 22.4 Å². The third-order valence-electron chi connectivity index (χ3n) is 3.36. The molecular formula is C15H16N4O2. The molecular weight excluding hydrogens is 268 g/mol. The summed E-state index contributed by atoms with van der Waals surface area (Å²) in [7, 11) is 1.74. The number of fused-ring (bicyclic) bond motifs is 2. The predicted octanol–water partition coefficient (Wildman–Crippen LogP) is 1.32. The fourth-order valence-electron chi connectivity index (χ4n) is 2.37. The van der Waals surface area contributed by atoms with Crippen molar-refractivity contribution in [1.82, 2.24) is 19.3 Å². The number of rotatable bonds is 2. The van der Waals surface area contributed by atoms with E-state index in [4.69, 9.17) is 0 Å². The number of hydrogen-bond acceptors (Lipinski definition) is 3. The van der Waals surface area contributed by atoms with Gasteiger partial charge < -0.3 is 9.88 Å². The molecule has 3 rings (SSSR count). The van der Waals surface area contributed by atoms with Gasteiger partial charge in [-0.05, 0) is 32.0 Å². The molecule has 0 radical (unpaired) electrons. The molecule has 0 saturated carbocycles. The molecule has 0 bridgehead atoms. The minimum Gasteiger partial charge on any atom is -0.349 e. The van der Waals surface area contributed by atoms with Gasteiger partial charge >= 0.3 is 0 Å². The molecule has 108 valence electrons. The first-order valence-electron chi connectivity index (χ1n) is 6.76. The van der Waals surface area contributed by atoms with Crippen molar-refractivity contribution in [3.8, 4) is 0 Å². The maximum atomic E-state index is 12.5. The molecule has 1 N–H and O–H groups in total. The van der Waals surface area contributed by atoms with Crippen LogP contribution in [0.1, 0.15) is 24.3 Å². The average Bonchev–Trinajstić information content (AvgIpc) is 2.77. The second-order valence-electron chi connectivity index (χ2n) is 5.30. The van der Waals surface area contributed by atoms with E-state index >= 15 is 0 Å². The molecule has 0 atom stereocenters.